The molecule has 4 nitrogen and oxygen atoms in total. The van der Waals surface area contributed by atoms with Crippen molar-refractivity contribution in [2.45, 2.75) is 38.8 Å². The lowest BCUT2D eigenvalue weighted by molar-refractivity contribution is 0.0939. The minimum absolute atomic E-state index is 0.0789. The van der Waals surface area contributed by atoms with Crippen LogP contribution >= 0.6 is 11.8 Å². The third-order valence-corrected chi connectivity index (χ3v) is 4.30. The molecule has 104 valence electrons. The summed E-state index contributed by atoms with van der Waals surface area (Å²) in [7, 11) is 0. The summed E-state index contributed by atoms with van der Waals surface area (Å²) in [5, 5.41) is 2.92. The van der Waals surface area contributed by atoms with Crippen LogP contribution in [0.2, 0.25) is 0 Å². The molecule has 1 N–H and O–H groups in total. The van der Waals surface area contributed by atoms with Gasteiger partial charge in [0.1, 0.15) is 6.10 Å². The molecule has 1 amide bonds. The Labute approximate surface area is 118 Å². The fraction of sp³-hybridized carbons (Fsp3) is 0.571. The van der Waals surface area contributed by atoms with Crippen LogP contribution < -0.4 is 10.1 Å². The summed E-state index contributed by atoms with van der Waals surface area (Å²) in [5.74, 6) is 2.70. The van der Waals surface area contributed by atoms with E-state index in [0.717, 1.165) is 24.3 Å². The third kappa shape index (κ3) is 4.13. The molecular weight excluding hydrogens is 260 g/mol. The van der Waals surface area contributed by atoms with Gasteiger partial charge in [0.15, 0.2) is 0 Å². The molecule has 0 bridgehead atoms. The van der Waals surface area contributed by atoms with Crippen LogP contribution in [-0.4, -0.2) is 34.5 Å². The molecule has 1 aliphatic rings. The molecule has 2 atom stereocenters. The predicted molar refractivity (Wildman–Crippen MR) is 77.8 cm³/mol. The van der Waals surface area contributed by atoms with Crippen LogP contribution in [0.3, 0.4) is 0 Å². The lowest BCUT2D eigenvalue weighted by atomic mass is 10.2. The van der Waals surface area contributed by atoms with E-state index < -0.39 is 0 Å². The Morgan fingerprint density at radius 2 is 2.47 bits per heavy atom. The number of carbonyl (C=O) groups excluding carboxylic acids is 1. The second kappa shape index (κ2) is 6.80. The van der Waals surface area contributed by atoms with Crippen molar-refractivity contribution in [3.8, 4) is 5.88 Å². The Kier molecular flexibility index (Phi) is 5.07. The summed E-state index contributed by atoms with van der Waals surface area (Å²) < 4.78 is 5.75. The van der Waals surface area contributed by atoms with E-state index in [1.807, 2.05) is 25.6 Å². The van der Waals surface area contributed by atoms with Gasteiger partial charge >= 0.3 is 0 Å². The van der Waals surface area contributed by atoms with E-state index in [0.29, 0.717) is 11.4 Å². The predicted octanol–water partition coefficient (Wildman–Crippen LogP) is 2.49. The van der Waals surface area contributed by atoms with E-state index >= 15 is 0 Å². The molecule has 2 heterocycles. The normalized spacial score (nSPS) is 20.0. The molecule has 0 aliphatic carbocycles. The quantitative estimate of drug-likeness (QED) is 0.900. The van der Waals surface area contributed by atoms with E-state index in [1.54, 1.807) is 18.3 Å². The fourth-order valence-electron chi connectivity index (χ4n) is 1.77. The summed E-state index contributed by atoms with van der Waals surface area (Å²) in [5.41, 5.74) is 0.577. The number of nitrogens with zero attached hydrogens (tertiary/aromatic N) is 1. The van der Waals surface area contributed by atoms with Crippen LogP contribution in [0.15, 0.2) is 18.3 Å². The SMILES string of the molecule is CCC(C)NC(=O)c1ccc(OC2CCSC2)nc1. The van der Waals surface area contributed by atoms with Gasteiger partial charge in [-0.25, -0.2) is 4.98 Å². The number of amides is 1. The Hall–Kier alpha value is -1.23. The number of rotatable bonds is 5. The molecule has 0 spiro atoms. The number of thioether (sulfide) groups is 1. The molecule has 1 aliphatic heterocycles. The molecule has 2 rings (SSSR count). The molecule has 1 aromatic heterocycles. The van der Waals surface area contributed by atoms with E-state index in [9.17, 15) is 4.79 Å². The van der Waals surface area contributed by atoms with Crippen molar-refractivity contribution in [3.05, 3.63) is 23.9 Å². The maximum atomic E-state index is 11.9. The Morgan fingerprint density at radius 1 is 1.63 bits per heavy atom. The summed E-state index contributed by atoms with van der Waals surface area (Å²) >= 11 is 1.90. The minimum Gasteiger partial charge on any atom is -0.473 e. The van der Waals surface area contributed by atoms with E-state index in [1.165, 1.54) is 0 Å². The molecule has 1 fully saturated rings. The summed E-state index contributed by atoms with van der Waals surface area (Å²) in [6.45, 7) is 4.03. The largest absolute Gasteiger partial charge is 0.473 e. The van der Waals surface area contributed by atoms with Gasteiger partial charge in [-0.15, -0.1) is 0 Å². The fourth-order valence-corrected chi connectivity index (χ4v) is 2.86. The number of nitrogens with one attached hydrogen (secondary N) is 1. The molecule has 1 saturated heterocycles. The number of pyridine rings is 1. The number of carbonyl (C=O) groups is 1. The van der Waals surface area contributed by atoms with Gasteiger partial charge in [-0.1, -0.05) is 6.92 Å². The third-order valence-electron chi connectivity index (χ3n) is 3.16. The van der Waals surface area contributed by atoms with Crippen molar-refractivity contribution in [2.75, 3.05) is 11.5 Å². The van der Waals surface area contributed by atoms with Gasteiger partial charge in [0.05, 0.1) is 5.56 Å². The lowest BCUT2D eigenvalue weighted by Crippen LogP contribution is -2.31. The van der Waals surface area contributed by atoms with Gasteiger partial charge in [-0.05, 0) is 31.6 Å². The minimum atomic E-state index is -0.0789. The Balaban J connectivity index is 1.91. The van der Waals surface area contributed by atoms with Gasteiger partial charge in [-0.2, -0.15) is 11.8 Å². The number of hydrogen-bond donors (Lipinski definition) is 1. The zero-order valence-corrected chi connectivity index (χ0v) is 12.2. The van der Waals surface area contributed by atoms with Crippen LogP contribution in [0, 0.1) is 0 Å². The topological polar surface area (TPSA) is 51.2 Å². The zero-order valence-electron chi connectivity index (χ0n) is 11.4. The first kappa shape index (κ1) is 14.2. The summed E-state index contributed by atoms with van der Waals surface area (Å²) in [6.07, 6.45) is 3.83. The van der Waals surface area contributed by atoms with Crippen molar-refractivity contribution in [2.24, 2.45) is 0 Å². The van der Waals surface area contributed by atoms with Crippen LogP contribution in [-0.2, 0) is 0 Å². The molecule has 1 aromatic rings. The Bertz CT molecular complexity index is 416. The van der Waals surface area contributed by atoms with Crippen molar-refractivity contribution in [1.29, 1.82) is 0 Å². The van der Waals surface area contributed by atoms with Gasteiger partial charge in [0.2, 0.25) is 5.88 Å². The second-order valence-electron chi connectivity index (χ2n) is 4.77. The van der Waals surface area contributed by atoms with E-state index in [2.05, 4.69) is 10.3 Å². The van der Waals surface area contributed by atoms with Crippen molar-refractivity contribution < 1.29 is 9.53 Å². The first-order valence-corrected chi connectivity index (χ1v) is 7.86. The highest BCUT2D eigenvalue weighted by Gasteiger charge is 2.17. The second-order valence-corrected chi connectivity index (χ2v) is 5.92. The van der Waals surface area contributed by atoms with Crippen LogP contribution in [0.5, 0.6) is 5.88 Å². The molecule has 2 unspecified atom stereocenters. The van der Waals surface area contributed by atoms with Crippen molar-refractivity contribution in [1.82, 2.24) is 10.3 Å². The van der Waals surface area contributed by atoms with Gasteiger partial charge in [0.25, 0.3) is 5.91 Å². The highest BCUT2D eigenvalue weighted by molar-refractivity contribution is 7.99. The van der Waals surface area contributed by atoms with Gasteiger partial charge in [-0.3, -0.25) is 4.79 Å². The maximum Gasteiger partial charge on any atom is 0.253 e. The average Bonchev–Trinajstić information content (AvgIpc) is 2.92. The average molecular weight is 280 g/mol. The van der Waals surface area contributed by atoms with Gasteiger partial charge in [0, 0.05) is 24.1 Å². The van der Waals surface area contributed by atoms with E-state index in [4.69, 9.17) is 4.74 Å². The van der Waals surface area contributed by atoms with Crippen molar-refractivity contribution in [3.63, 3.8) is 0 Å². The highest BCUT2D eigenvalue weighted by Crippen LogP contribution is 2.21. The molecule has 19 heavy (non-hydrogen) atoms. The van der Waals surface area contributed by atoms with Crippen molar-refractivity contribution >= 4 is 17.7 Å². The highest BCUT2D eigenvalue weighted by atomic mass is 32.2. The summed E-state index contributed by atoms with van der Waals surface area (Å²) in [6, 6.07) is 3.72. The monoisotopic (exact) mass is 280 g/mol. The first-order chi connectivity index (χ1) is 9.19. The Morgan fingerprint density at radius 3 is 3.05 bits per heavy atom. The molecule has 0 saturated carbocycles. The molecule has 0 radical (unpaired) electrons. The first-order valence-electron chi connectivity index (χ1n) is 6.70. The lowest BCUT2D eigenvalue weighted by Gasteiger charge is -2.13. The molecule has 5 heteroatoms. The maximum absolute atomic E-state index is 11.9. The zero-order chi connectivity index (χ0) is 13.7. The smallest absolute Gasteiger partial charge is 0.253 e. The number of ether oxygens (including phenoxy) is 1. The summed E-state index contributed by atoms with van der Waals surface area (Å²) in [4.78, 5) is 16.1. The van der Waals surface area contributed by atoms with E-state index in [-0.39, 0.29) is 18.1 Å². The van der Waals surface area contributed by atoms with Crippen LogP contribution in [0.4, 0.5) is 0 Å². The van der Waals surface area contributed by atoms with Crippen LogP contribution in [0.25, 0.3) is 0 Å². The standard InChI is InChI=1S/C14H20N2O2S/c1-3-10(2)16-14(17)11-4-5-13(15-8-11)18-12-6-7-19-9-12/h4-5,8,10,12H,3,6-7,9H2,1-2H3,(H,16,17). The van der Waals surface area contributed by atoms with Gasteiger partial charge < -0.3 is 10.1 Å². The number of hydrogen-bond acceptors (Lipinski definition) is 4. The molecule has 0 aromatic carbocycles. The van der Waals surface area contributed by atoms with Crippen LogP contribution in [0.1, 0.15) is 37.0 Å². The molecular formula is C14H20N2O2S. The number of aromatic nitrogens is 1.